The maximum Gasteiger partial charge on any atom is 0.238 e. The molecule has 5 nitrogen and oxygen atoms in total. The predicted molar refractivity (Wildman–Crippen MR) is 111 cm³/mol. The number of thioether (sulfide) groups is 1. The summed E-state index contributed by atoms with van der Waals surface area (Å²) in [5, 5.41) is 15.3. The van der Waals surface area contributed by atoms with E-state index in [9.17, 15) is 4.79 Å². The largest absolute Gasteiger partial charge is 0.352 e. The van der Waals surface area contributed by atoms with Gasteiger partial charge in [-0.05, 0) is 43.0 Å². The summed E-state index contributed by atoms with van der Waals surface area (Å²) in [7, 11) is 0. The first kappa shape index (κ1) is 18.0. The summed E-state index contributed by atoms with van der Waals surface area (Å²) in [6.07, 6.45) is 2.14. The van der Waals surface area contributed by atoms with Crippen LogP contribution in [-0.2, 0) is 4.79 Å². The quantitative estimate of drug-likeness (QED) is 0.567. The Labute approximate surface area is 166 Å². The summed E-state index contributed by atoms with van der Waals surface area (Å²) < 4.78 is 0.768. The Bertz CT molecular complexity index is 924. The Morgan fingerprint density at radius 3 is 2.70 bits per heavy atom. The molecule has 0 radical (unpaired) electrons. The molecule has 27 heavy (non-hydrogen) atoms. The predicted octanol–water partition coefficient (Wildman–Crippen LogP) is 4.70. The lowest BCUT2D eigenvalue weighted by Gasteiger charge is -2.15. The van der Waals surface area contributed by atoms with E-state index in [2.05, 4.69) is 39.9 Å². The molecule has 1 atom stereocenters. The van der Waals surface area contributed by atoms with Crippen LogP contribution < -0.4 is 10.6 Å². The minimum atomic E-state index is -0.327. The van der Waals surface area contributed by atoms with Crippen molar-refractivity contribution in [3.63, 3.8) is 0 Å². The summed E-state index contributed by atoms with van der Waals surface area (Å²) in [5.41, 5.74) is 3.14. The third kappa shape index (κ3) is 4.87. The monoisotopic (exact) mass is 396 g/mol. The van der Waals surface area contributed by atoms with E-state index < -0.39 is 0 Å². The van der Waals surface area contributed by atoms with Crippen molar-refractivity contribution >= 4 is 39.8 Å². The zero-order valence-electron chi connectivity index (χ0n) is 14.9. The molecule has 7 heteroatoms. The number of aromatic nitrogens is 2. The molecule has 0 saturated heterocycles. The van der Waals surface area contributed by atoms with Crippen LogP contribution in [0.25, 0.3) is 0 Å². The molecular formula is C20H20N4OS2. The molecule has 1 amide bonds. The minimum Gasteiger partial charge on any atom is -0.352 e. The number of aryl methyl sites for hydroxylation is 1. The van der Waals surface area contributed by atoms with Gasteiger partial charge in [0, 0.05) is 11.7 Å². The Morgan fingerprint density at radius 1 is 1.15 bits per heavy atom. The molecule has 4 rings (SSSR count). The van der Waals surface area contributed by atoms with Gasteiger partial charge >= 0.3 is 0 Å². The summed E-state index contributed by atoms with van der Waals surface area (Å²) in [6, 6.07) is 18.3. The Hall–Kier alpha value is -2.38. The van der Waals surface area contributed by atoms with Crippen LogP contribution in [0.15, 0.2) is 58.9 Å². The maximum atomic E-state index is 12.7. The van der Waals surface area contributed by atoms with Gasteiger partial charge in [-0.25, -0.2) is 0 Å². The molecular weight excluding hydrogens is 376 g/mol. The van der Waals surface area contributed by atoms with E-state index in [-0.39, 0.29) is 11.2 Å². The lowest BCUT2D eigenvalue weighted by atomic mass is 10.1. The van der Waals surface area contributed by atoms with E-state index in [4.69, 9.17) is 0 Å². The van der Waals surface area contributed by atoms with Crippen LogP contribution in [0.5, 0.6) is 0 Å². The third-order valence-corrected chi connectivity index (χ3v) is 6.34. The first-order chi connectivity index (χ1) is 13.2. The van der Waals surface area contributed by atoms with Crippen molar-refractivity contribution in [3.05, 3.63) is 65.7 Å². The van der Waals surface area contributed by atoms with Gasteiger partial charge in [-0.15, -0.1) is 10.2 Å². The Kier molecular flexibility index (Phi) is 5.40. The van der Waals surface area contributed by atoms with E-state index in [1.54, 1.807) is 0 Å². The van der Waals surface area contributed by atoms with Crippen LogP contribution in [0.3, 0.4) is 0 Å². The fourth-order valence-corrected chi connectivity index (χ4v) is 4.63. The number of hydrogen-bond acceptors (Lipinski definition) is 6. The van der Waals surface area contributed by atoms with Gasteiger partial charge in [-0.2, -0.15) is 0 Å². The topological polar surface area (TPSA) is 66.9 Å². The number of nitrogens with one attached hydrogen (secondary N) is 2. The highest BCUT2D eigenvalue weighted by molar-refractivity contribution is 8.01. The number of benzene rings is 2. The molecule has 1 aliphatic rings. The van der Waals surface area contributed by atoms with Gasteiger partial charge < -0.3 is 10.6 Å². The van der Waals surface area contributed by atoms with Gasteiger partial charge in [-0.3, -0.25) is 4.79 Å². The molecule has 1 heterocycles. The molecule has 1 fully saturated rings. The van der Waals surface area contributed by atoms with E-state index in [1.165, 1.54) is 28.7 Å². The number of rotatable bonds is 7. The van der Waals surface area contributed by atoms with Gasteiger partial charge in [-0.1, -0.05) is 65.6 Å². The van der Waals surface area contributed by atoms with E-state index >= 15 is 0 Å². The Morgan fingerprint density at radius 2 is 1.96 bits per heavy atom. The average molecular weight is 397 g/mol. The summed E-state index contributed by atoms with van der Waals surface area (Å²) in [4.78, 5) is 12.7. The van der Waals surface area contributed by atoms with Crippen LogP contribution in [-0.4, -0.2) is 22.1 Å². The van der Waals surface area contributed by atoms with Crippen molar-refractivity contribution in [2.24, 2.45) is 0 Å². The van der Waals surface area contributed by atoms with Crippen molar-refractivity contribution in [1.29, 1.82) is 0 Å². The van der Waals surface area contributed by atoms with Gasteiger partial charge in [0.15, 0.2) is 4.34 Å². The summed E-state index contributed by atoms with van der Waals surface area (Å²) in [5.74, 6) is 0.0390. The second kappa shape index (κ2) is 8.10. The lowest BCUT2D eigenvalue weighted by Crippen LogP contribution is -2.29. The van der Waals surface area contributed by atoms with Crippen molar-refractivity contribution in [1.82, 2.24) is 15.5 Å². The number of nitrogens with zero attached hydrogens (tertiary/aromatic N) is 2. The molecule has 2 aromatic carbocycles. The average Bonchev–Trinajstić information content (AvgIpc) is 3.37. The first-order valence-corrected chi connectivity index (χ1v) is 10.6. The third-order valence-electron chi connectivity index (χ3n) is 4.16. The number of anilines is 2. The number of hydrogen-bond donors (Lipinski definition) is 2. The van der Waals surface area contributed by atoms with E-state index in [0.717, 1.165) is 33.6 Å². The highest BCUT2D eigenvalue weighted by atomic mass is 32.2. The summed E-state index contributed by atoms with van der Waals surface area (Å²) >= 11 is 2.91. The molecule has 1 unspecified atom stereocenters. The van der Waals surface area contributed by atoms with Crippen molar-refractivity contribution in [3.8, 4) is 0 Å². The standard InChI is InChI=1S/C20H20N4OS2/c1-13-6-5-9-16(12-13)22-19-23-24-20(27-19)26-17(14-7-3-2-4-8-14)18(25)21-15-10-11-15/h2-9,12,15,17H,10-11H2,1H3,(H,21,25)(H,22,23). The van der Waals surface area contributed by atoms with Crippen LogP contribution in [0.4, 0.5) is 10.8 Å². The molecule has 0 aliphatic heterocycles. The molecule has 3 aromatic rings. The molecule has 138 valence electrons. The second-order valence-corrected chi connectivity index (χ2v) is 8.89. The van der Waals surface area contributed by atoms with Crippen molar-refractivity contribution in [2.75, 3.05) is 5.32 Å². The van der Waals surface area contributed by atoms with E-state index in [1.807, 2.05) is 42.5 Å². The lowest BCUT2D eigenvalue weighted by molar-refractivity contribution is -0.120. The van der Waals surface area contributed by atoms with Crippen molar-refractivity contribution in [2.45, 2.75) is 35.4 Å². The molecule has 1 aromatic heterocycles. The highest BCUT2D eigenvalue weighted by Gasteiger charge is 2.29. The van der Waals surface area contributed by atoms with Crippen molar-refractivity contribution < 1.29 is 4.79 Å². The fourth-order valence-electron chi connectivity index (χ4n) is 2.66. The fraction of sp³-hybridized carbons (Fsp3) is 0.250. The van der Waals surface area contributed by atoms with Crippen LogP contribution >= 0.6 is 23.1 Å². The summed E-state index contributed by atoms with van der Waals surface area (Å²) in [6.45, 7) is 2.05. The SMILES string of the molecule is Cc1cccc(Nc2nnc(SC(C(=O)NC3CC3)c3ccccc3)s2)c1. The zero-order chi connectivity index (χ0) is 18.6. The van der Waals surface area contributed by atoms with Gasteiger partial charge in [0.05, 0.1) is 0 Å². The smallest absolute Gasteiger partial charge is 0.238 e. The normalized spacial score (nSPS) is 14.6. The van der Waals surface area contributed by atoms with Crippen LogP contribution in [0.1, 0.15) is 29.2 Å². The highest BCUT2D eigenvalue weighted by Crippen LogP contribution is 2.39. The van der Waals surface area contributed by atoms with Gasteiger partial charge in [0.1, 0.15) is 5.25 Å². The number of carbonyl (C=O) groups excluding carboxylic acids is 1. The van der Waals surface area contributed by atoms with Crippen LogP contribution in [0.2, 0.25) is 0 Å². The van der Waals surface area contributed by atoms with Gasteiger partial charge in [0.2, 0.25) is 11.0 Å². The molecule has 0 bridgehead atoms. The van der Waals surface area contributed by atoms with Gasteiger partial charge in [0.25, 0.3) is 0 Å². The van der Waals surface area contributed by atoms with E-state index in [0.29, 0.717) is 6.04 Å². The van der Waals surface area contributed by atoms with Crippen LogP contribution in [0, 0.1) is 6.92 Å². The second-order valence-electron chi connectivity index (χ2n) is 6.56. The minimum absolute atomic E-state index is 0.0390. The number of amides is 1. The maximum absolute atomic E-state index is 12.7. The zero-order valence-corrected chi connectivity index (χ0v) is 16.5. The number of carbonyl (C=O) groups is 1. The molecule has 0 spiro atoms. The molecule has 1 aliphatic carbocycles. The Balaban J connectivity index is 1.49. The molecule has 2 N–H and O–H groups in total. The first-order valence-electron chi connectivity index (χ1n) is 8.86. The molecule has 1 saturated carbocycles.